The Morgan fingerprint density at radius 2 is 1.68 bits per heavy atom. The number of hydrogen-bond donors (Lipinski definition) is 0. The Morgan fingerprint density at radius 1 is 0.955 bits per heavy atom. The van der Waals surface area contributed by atoms with Crippen molar-refractivity contribution in [2.75, 3.05) is 13.1 Å². The molecular weight excluding hydrogens is 268 g/mol. The Bertz CT molecular complexity index is 610. The van der Waals surface area contributed by atoms with Gasteiger partial charge in [0, 0.05) is 18.4 Å². The molecule has 2 heterocycles. The molecule has 1 fully saturated rings. The third-order valence-electron chi connectivity index (χ3n) is 4.71. The summed E-state index contributed by atoms with van der Waals surface area (Å²) in [5.74, 6) is 0. The Labute approximate surface area is 134 Å². The highest BCUT2D eigenvalue weighted by Gasteiger charge is 2.14. The lowest BCUT2D eigenvalue weighted by molar-refractivity contribution is 0.220. The third-order valence-corrected chi connectivity index (χ3v) is 4.71. The van der Waals surface area contributed by atoms with Gasteiger partial charge in [-0.2, -0.15) is 0 Å². The number of likely N-dealkylation sites (tertiary alicyclic amines) is 1. The first-order chi connectivity index (χ1) is 10.7. The molecule has 2 heteroatoms. The number of piperidine rings is 1. The fraction of sp³-hybridized carbons (Fsp3) is 0.450. The highest BCUT2D eigenvalue weighted by atomic mass is 15.1. The first-order valence-electron chi connectivity index (χ1n) is 8.43. The van der Waals surface area contributed by atoms with E-state index in [0.717, 1.165) is 13.0 Å². The third kappa shape index (κ3) is 3.75. The van der Waals surface area contributed by atoms with E-state index in [2.05, 4.69) is 54.1 Å². The highest BCUT2D eigenvalue weighted by Crippen LogP contribution is 2.21. The maximum atomic E-state index is 4.53. The van der Waals surface area contributed by atoms with Crippen LogP contribution in [0.1, 0.15) is 47.2 Å². The molecule has 0 radical (unpaired) electrons. The SMILES string of the molecule is Cc1ccc(Cc2ccnc(C)c2CN2CCCCC2)cc1. The molecule has 0 N–H and O–H groups in total. The second kappa shape index (κ2) is 7.06. The van der Waals surface area contributed by atoms with Crippen molar-refractivity contribution in [3.8, 4) is 0 Å². The van der Waals surface area contributed by atoms with E-state index < -0.39 is 0 Å². The van der Waals surface area contributed by atoms with E-state index in [1.165, 1.54) is 60.3 Å². The van der Waals surface area contributed by atoms with Crippen LogP contribution in [0.15, 0.2) is 36.5 Å². The quantitative estimate of drug-likeness (QED) is 0.837. The molecule has 0 bridgehead atoms. The van der Waals surface area contributed by atoms with Gasteiger partial charge in [-0.3, -0.25) is 9.88 Å². The number of hydrogen-bond acceptors (Lipinski definition) is 2. The van der Waals surface area contributed by atoms with Crippen LogP contribution >= 0.6 is 0 Å². The summed E-state index contributed by atoms with van der Waals surface area (Å²) in [5.41, 5.74) is 6.77. The Morgan fingerprint density at radius 3 is 2.41 bits per heavy atom. The molecule has 2 aromatic rings. The molecule has 0 spiro atoms. The predicted molar refractivity (Wildman–Crippen MR) is 92.1 cm³/mol. The van der Waals surface area contributed by atoms with Gasteiger partial charge in [0.2, 0.25) is 0 Å². The normalized spacial score (nSPS) is 15.9. The zero-order valence-corrected chi connectivity index (χ0v) is 13.8. The number of aryl methyl sites for hydroxylation is 2. The van der Waals surface area contributed by atoms with E-state index in [-0.39, 0.29) is 0 Å². The Hall–Kier alpha value is -1.67. The van der Waals surface area contributed by atoms with Crippen LogP contribution < -0.4 is 0 Å². The van der Waals surface area contributed by atoms with E-state index in [0.29, 0.717) is 0 Å². The molecule has 0 unspecified atom stereocenters. The van der Waals surface area contributed by atoms with Crippen molar-refractivity contribution < 1.29 is 0 Å². The van der Waals surface area contributed by atoms with Gasteiger partial charge in [0.25, 0.3) is 0 Å². The monoisotopic (exact) mass is 294 g/mol. The topological polar surface area (TPSA) is 16.1 Å². The Balaban J connectivity index is 1.80. The molecule has 22 heavy (non-hydrogen) atoms. The molecule has 0 amide bonds. The predicted octanol–water partition coefficient (Wildman–Crippen LogP) is 4.28. The van der Waals surface area contributed by atoms with E-state index in [1.807, 2.05) is 6.20 Å². The van der Waals surface area contributed by atoms with Crippen LogP contribution in [0, 0.1) is 13.8 Å². The number of benzene rings is 1. The van der Waals surface area contributed by atoms with Gasteiger partial charge in [-0.1, -0.05) is 36.2 Å². The first-order valence-corrected chi connectivity index (χ1v) is 8.43. The molecule has 1 aliphatic heterocycles. The summed E-state index contributed by atoms with van der Waals surface area (Å²) >= 11 is 0. The molecule has 116 valence electrons. The molecule has 0 atom stereocenters. The summed E-state index contributed by atoms with van der Waals surface area (Å²) in [7, 11) is 0. The smallest absolute Gasteiger partial charge is 0.0420 e. The number of pyridine rings is 1. The molecule has 1 aromatic carbocycles. The summed E-state index contributed by atoms with van der Waals surface area (Å²) < 4.78 is 0. The van der Waals surface area contributed by atoms with Crippen molar-refractivity contribution in [1.82, 2.24) is 9.88 Å². The lowest BCUT2D eigenvalue weighted by Gasteiger charge is -2.28. The van der Waals surface area contributed by atoms with Crippen molar-refractivity contribution in [2.45, 2.75) is 46.1 Å². The minimum absolute atomic E-state index is 1.01. The average molecular weight is 294 g/mol. The molecule has 2 nitrogen and oxygen atoms in total. The maximum Gasteiger partial charge on any atom is 0.0420 e. The van der Waals surface area contributed by atoms with Crippen LogP contribution in [0.3, 0.4) is 0 Å². The number of rotatable bonds is 4. The lowest BCUT2D eigenvalue weighted by atomic mass is 9.98. The van der Waals surface area contributed by atoms with Gasteiger partial charge in [-0.15, -0.1) is 0 Å². The molecule has 3 rings (SSSR count). The van der Waals surface area contributed by atoms with Gasteiger partial charge in [-0.25, -0.2) is 0 Å². The summed E-state index contributed by atoms with van der Waals surface area (Å²) in [6, 6.07) is 11.1. The van der Waals surface area contributed by atoms with E-state index in [1.54, 1.807) is 0 Å². The zero-order valence-electron chi connectivity index (χ0n) is 13.8. The van der Waals surface area contributed by atoms with Crippen molar-refractivity contribution in [3.05, 3.63) is 64.5 Å². The summed E-state index contributed by atoms with van der Waals surface area (Å²) in [6.45, 7) is 7.82. The molecule has 1 aromatic heterocycles. The van der Waals surface area contributed by atoms with Gasteiger partial charge < -0.3 is 0 Å². The van der Waals surface area contributed by atoms with Crippen molar-refractivity contribution in [1.29, 1.82) is 0 Å². The van der Waals surface area contributed by atoms with E-state index in [4.69, 9.17) is 0 Å². The molecule has 1 aliphatic rings. The summed E-state index contributed by atoms with van der Waals surface area (Å²) in [6.07, 6.45) is 7.03. The van der Waals surface area contributed by atoms with E-state index in [9.17, 15) is 0 Å². The second-order valence-electron chi connectivity index (χ2n) is 6.53. The van der Waals surface area contributed by atoms with Gasteiger partial charge in [0.15, 0.2) is 0 Å². The van der Waals surface area contributed by atoms with Crippen molar-refractivity contribution in [2.24, 2.45) is 0 Å². The fourth-order valence-electron chi connectivity index (χ4n) is 3.30. The van der Waals surface area contributed by atoms with Crippen LogP contribution in [-0.4, -0.2) is 23.0 Å². The van der Waals surface area contributed by atoms with Crippen LogP contribution in [0.5, 0.6) is 0 Å². The Kier molecular flexibility index (Phi) is 4.89. The molecular formula is C20H26N2. The second-order valence-corrected chi connectivity index (χ2v) is 6.53. The van der Waals surface area contributed by atoms with E-state index >= 15 is 0 Å². The first kappa shape index (κ1) is 15.2. The lowest BCUT2D eigenvalue weighted by Crippen LogP contribution is -2.30. The van der Waals surface area contributed by atoms with Crippen molar-refractivity contribution >= 4 is 0 Å². The number of aromatic nitrogens is 1. The summed E-state index contributed by atoms with van der Waals surface area (Å²) in [4.78, 5) is 7.12. The molecule has 0 saturated carbocycles. The standard InChI is InChI=1S/C20H26N2/c1-16-6-8-18(9-7-16)14-19-10-11-21-17(2)20(19)15-22-12-4-3-5-13-22/h6-11H,3-5,12-15H2,1-2H3. The largest absolute Gasteiger partial charge is 0.299 e. The van der Waals surface area contributed by atoms with Gasteiger partial charge in [-0.05, 0) is 69.0 Å². The van der Waals surface area contributed by atoms with Gasteiger partial charge in [0.05, 0.1) is 0 Å². The highest BCUT2D eigenvalue weighted by molar-refractivity contribution is 5.35. The average Bonchev–Trinajstić information content (AvgIpc) is 2.54. The summed E-state index contributed by atoms with van der Waals surface area (Å²) in [5, 5.41) is 0. The van der Waals surface area contributed by atoms with Gasteiger partial charge >= 0.3 is 0 Å². The number of nitrogens with zero attached hydrogens (tertiary/aromatic N) is 2. The van der Waals surface area contributed by atoms with Crippen LogP contribution in [-0.2, 0) is 13.0 Å². The minimum Gasteiger partial charge on any atom is -0.299 e. The maximum absolute atomic E-state index is 4.53. The van der Waals surface area contributed by atoms with Crippen LogP contribution in [0.25, 0.3) is 0 Å². The molecule has 1 saturated heterocycles. The fourth-order valence-corrected chi connectivity index (χ4v) is 3.30. The van der Waals surface area contributed by atoms with Crippen molar-refractivity contribution in [3.63, 3.8) is 0 Å². The van der Waals surface area contributed by atoms with Gasteiger partial charge in [0.1, 0.15) is 0 Å². The van der Waals surface area contributed by atoms with Crippen LogP contribution in [0.2, 0.25) is 0 Å². The molecule has 0 aliphatic carbocycles. The zero-order chi connectivity index (χ0) is 15.4. The van der Waals surface area contributed by atoms with Crippen LogP contribution in [0.4, 0.5) is 0 Å². The minimum atomic E-state index is 1.01.